The lowest BCUT2D eigenvalue weighted by Crippen LogP contribution is -2.49. The van der Waals surface area contributed by atoms with Crippen LogP contribution in [0.1, 0.15) is 11.6 Å². The van der Waals surface area contributed by atoms with E-state index in [2.05, 4.69) is 19.8 Å². The topological polar surface area (TPSA) is 78.5 Å². The summed E-state index contributed by atoms with van der Waals surface area (Å²) < 4.78 is 0. The van der Waals surface area contributed by atoms with Gasteiger partial charge in [-0.15, -0.1) is 0 Å². The summed E-state index contributed by atoms with van der Waals surface area (Å²) in [6.07, 6.45) is 3.54. The Bertz CT molecular complexity index is 581. The molecule has 0 bridgehead atoms. The van der Waals surface area contributed by atoms with Crippen LogP contribution in [0.5, 0.6) is 5.75 Å². The van der Waals surface area contributed by atoms with E-state index in [4.69, 9.17) is 5.73 Å². The number of nitrogens with zero attached hydrogens (tertiary/aromatic N) is 4. The van der Waals surface area contributed by atoms with Crippen molar-refractivity contribution in [3.8, 4) is 5.75 Å². The molecule has 0 aliphatic carbocycles. The van der Waals surface area contributed by atoms with Crippen molar-refractivity contribution < 1.29 is 5.11 Å². The van der Waals surface area contributed by atoms with Gasteiger partial charge in [0.25, 0.3) is 0 Å². The van der Waals surface area contributed by atoms with Crippen molar-refractivity contribution in [2.24, 2.45) is 5.73 Å². The number of aromatic nitrogens is 2. The maximum atomic E-state index is 9.42. The third kappa shape index (κ3) is 3.18. The van der Waals surface area contributed by atoms with Gasteiger partial charge in [0.2, 0.25) is 5.95 Å². The Morgan fingerprint density at radius 2 is 1.68 bits per heavy atom. The predicted molar refractivity (Wildman–Crippen MR) is 85.7 cm³/mol. The minimum Gasteiger partial charge on any atom is -0.508 e. The molecule has 0 saturated carbocycles. The Kier molecular flexibility index (Phi) is 4.50. The number of hydrogen-bond acceptors (Lipinski definition) is 6. The van der Waals surface area contributed by atoms with E-state index in [9.17, 15) is 5.11 Å². The fourth-order valence-corrected chi connectivity index (χ4v) is 2.88. The van der Waals surface area contributed by atoms with E-state index in [1.165, 1.54) is 0 Å². The highest BCUT2D eigenvalue weighted by Crippen LogP contribution is 2.23. The number of aromatic hydroxyl groups is 1. The number of nitrogens with two attached hydrogens (primary N) is 1. The molecule has 0 radical (unpaired) electrons. The number of hydrogen-bond donors (Lipinski definition) is 2. The zero-order valence-corrected chi connectivity index (χ0v) is 12.5. The lowest BCUT2D eigenvalue weighted by atomic mass is 10.0. The molecule has 2 aromatic rings. The number of phenolic OH excluding ortho intramolecular Hbond substituents is 1. The van der Waals surface area contributed by atoms with Crippen LogP contribution in [0.15, 0.2) is 42.7 Å². The lowest BCUT2D eigenvalue weighted by Gasteiger charge is -2.39. The number of phenols is 1. The summed E-state index contributed by atoms with van der Waals surface area (Å²) >= 11 is 0. The van der Waals surface area contributed by atoms with Crippen LogP contribution in [0, 0.1) is 0 Å². The molecule has 1 aliphatic heterocycles. The number of anilines is 1. The molecule has 6 nitrogen and oxygen atoms in total. The van der Waals surface area contributed by atoms with Gasteiger partial charge in [-0.2, -0.15) is 0 Å². The van der Waals surface area contributed by atoms with Crippen molar-refractivity contribution in [1.82, 2.24) is 14.9 Å². The summed E-state index contributed by atoms with van der Waals surface area (Å²) in [7, 11) is 0. The van der Waals surface area contributed by atoms with Gasteiger partial charge in [-0.25, -0.2) is 9.97 Å². The summed E-state index contributed by atoms with van der Waals surface area (Å²) in [5.74, 6) is 1.07. The quantitative estimate of drug-likeness (QED) is 0.877. The second-order valence-electron chi connectivity index (χ2n) is 5.41. The molecule has 6 heteroatoms. The summed E-state index contributed by atoms with van der Waals surface area (Å²) in [6, 6.07) is 9.33. The number of rotatable bonds is 4. The maximum Gasteiger partial charge on any atom is 0.225 e. The van der Waals surface area contributed by atoms with Crippen LogP contribution in [0.2, 0.25) is 0 Å². The van der Waals surface area contributed by atoms with Crippen molar-refractivity contribution in [1.29, 1.82) is 0 Å². The summed E-state index contributed by atoms with van der Waals surface area (Å²) in [5, 5.41) is 9.42. The van der Waals surface area contributed by atoms with Gasteiger partial charge in [0.05, 0.1) is 0 Å². The molecule has 3 rings (SSSR count). The first kappa shape index (κ1) is 14.7. The highest BCUT2D eigenvalue weighted by atomic mass is 16.3. The van der Waals surface area contributed by atoms with Crippen molar-refractivity contribution in [3.63, 3.8) is 0 Å². The highest BCUT2D eigenvalue weighted by molar-refractivity contribution is 5.31. The summed E-state index contributed by atoms with van der Waals surface area (Å²) in [6.45, 7) is 4.17. The minimum atomic E-state index is 0.180. The summed E-state index contributed by atoms with van der Waals surface area (Å²) in [5.41, 5.74) is 7.12. The average Bonchev–Trinajstić information content (AvgIpc) is 2.59. The first-order valence-electron chi connectivity index (χ1n) is 7.53. The van der Waals surface area contributed by atoms with Crippen LogP contribution in [0.3, 0.4) is 0 Å². The van der Waals surface area contributed by atoms with Gasteiger partial charge in [-0.05, 0) is 23.8 Å². The van der Waals surface area contributed by atoms with E-state index in [0.29, 0.717) is 6.54 Å². The van der Waals surface area contributed by atoms with Gasteiger partial charge in [-0.1, -0.05) is 12.1 Å². The van der Waals surface area contributed by atoms with Crippen molar-refractivity contribution in [2.75, 3.05) is 37.6 Å². The molecule has 116 valence electrons. The molecule has 1 unspecified atom stereocenters. The second kappa shape index (κ2) is 6.72. The molecule has 1 fully saturated rings. The van der Waals surface area contributed by atoms with Crippen LogP contribution >= 0.6 is 0 Å². The molecule has 2 heterocycles. The van der Waals surface area contributed by atoms with Gasteiger partial charge in [0.1, 0.15) is 5.75 Å². The summed E-state index contributed by atoms with van der Waals surface area (Å²) in [4.78, 5) is 13.2. The van der Waals surface area contributed by atoms with Gasteiger partial charge < -0.3 is 15.7 Å². The number of piperazine rings is 1. The van der Waals surface area contributed by atoms with E-state index in [1.54, 1.807) is 24.5 Å². The van der Waals surface area contributed by atoms with Gasteiger partial charge >= 0.3 is 0 Å². The molecule has 1 aliphatic rings. The van der Waals surface area contributed by atoms with Crippen LogP contribution in [0.4, 0.5) is 5.95 Å². The molecule has 1 atom stereocenters. The fraction of sp³-hybridized carbons (Fsp3) is 0.375. The van der Waals surface area contributed by atoms with Gasteiger partial charge in [0, 0.05) is 51.2 Å². The first-order valence-corrected chi connectivity index (χ1v) is 7.53. The first-order chi connectivity index (χ1) is 10.8. The van der Waals surface area contributed by atoms with Crippen LogP contribution in [0.25, 0.3) is 0 Å². The molecular formula is C16H21N5O. The van der Waals surface area contributed by atoms with Crippen LogP contribution in [-0.2, 0) is 0 Å². The van der Waals surface area contributed by atoms with Crippen LogP contribution < -0.4 is 10.6 Å². The Morgan fingerprint density at radius 3 is 2.27 bits per heavy atom. The minimum absolute atomic E-state index is 0.180. The average molecular weight is 299 g/mol. The molecule has 3 N–H and O–H groups in total. The number of benzene rings is 1. The van der Waals surface area contributed by atoms with Crippen LogP contribution in [-0.4, -0.2) is 52.7 Å². The standard InChI is InChI=1S/C16H21N5O/c17-12-15(13-2-4-14(22)5-3-13)20-8-10-21(11-9-20)16-18-6-1-7-19-16/h1-7,15,22H,8-12,17H2. The van der Waals surface area contributed by atoms with Crippen molar-refractivity contribution in [2.45, 2.75) is 6.04 Å². The van der Waals surface area contributed by atoms with Crippen molar-refractivity contribution in [3.05, 3.63) is 48.3 Å². The zero-order valence-electron chi connectivity index (χ0n) is 12.5. The molecule has 22 heavy (non-hydrogen) atoms. The van der Waals surface area contributed by atoms with E-state index in [-0.39, 0.29) is 11.8 Å². The molecule has 1 saturated heterocycles. The predicted octanol–water partition coefficient (Wildman–Crippen LogP) is 1.00. The van der Waals surface area contributed by atoms with Gasteiger partial charge in [-0.3, -0.25) is 4.90 Å². The highest BCUT2D eigenvalue weighted by Gasteiger charge is 2.25. The molecular weight excluding hydrogens is 278 g/mol. The Hall–Kier alpha value is -2.18. The molecule has 0 amide bonds. The van der Waals surface area contributed by atoms with Gasteiger partial charge in [0.15, 0.2) is 0 Å². The lowest BCUT2D eigenvalue weighted by molar-refractivity contribution is 0.189. The Balaban J connectivity index is 1.65. The smallest absolute Gasteiger partial charge is 0.225 e. The molecule has 1 aromatic heterocycles. The fourth-order valence-electron chi connectivity index (χ4n) is 2.88. The Morgan fingerprint density at radius 1 is 1.05 bits per heavy atom. The zero-order chi connectivity index (χ0) is 15.4. The third-order valence-corrected chi connectivity index (χ3v) is 4.09. The largest absolute Gasteiger partial charge is 0.508 e. The second-order valence-corrected chi connectivity index (χ2v) is 5.41. The molecule has 1 aromatic carbocycles. The van der Waals surface area contributed by atoms with Crippen molar-refractivity contribution >= 4 is 5.95 Å². The SMILES string of the molecule is NCC(c1ccc(O)cc1)N1CCN(c2ncccn2)CC1. The third-order valence-electron chi connectivity index (χ3n) is 4.09. The van der Waals surface area contributed by atoms with E-state index in [0.717, 1.165) is 37.7 Å². The molecule has 0 spiro atoms. The van der Waals surface area contributed by atoms with E-state index in [1.807, 2.05) is 18.2 Å². The van der Waals surface area contributed by atoms with E-state index >= 15 is 0 Å². The maximum absolute atomic E-state index is 9.42. The monoisotopic (exact) mass is 299 g/mol. The normalized spacial score (nSPS) is 17.4. The van der Waals surface area contributed by atoms with E-state index < -0.39 is 0 Å². The Labute approximate surface area is 130 Å².